The molecule has 1 saturated heterocycles. The Morgan fingerprint density at radius 2 is 2.33 bits per heavy atom. The Morgan fingerprint density at radius 3 is 2.50 bits per heavy atom. The maximum Gasteiger partial charge on any atom is 0.398 e. The van der Waals surface area contributed by atoms with Crippen LogP contribution in [0.1, 0.15) is 0 Å². The number of hydrogen-bond acceptors (Lipinski definition) is 2. The van der Waals surface area contributed by atoms with E-state index in [4.69, 9.17) is 0 Å². The van der Waals surface area contributed by atoms with E-state index < -0.39 is 0 Å². The van der Waals surface area contributed by atoms with Gasteiger partial charge in [-0.25, -0.2) is 0 Å². The van der Waals surface area contributed by atoms with Gasteiger partial charge in [-0.1, -0.05) is 0 Å². The van der Waals surface area contributed by atoms with Crippen LogP contribution in [0.15, 0.2) is 0 Å². The van der Waals surface area contributed by atoms with Gasteiger partial charge in [-0.05, 0) is 0 Å². The lowest BCUT2D eigenvalue weighted by Crippen LogP contribution is -2.05. The molecule has 1 heterocycles. The van der Waals surface area contributed by atoms with Crippen molar-refractivity contribution >= 4 is 7.62 Å². The molecule has 1 fully saturated rings. The van der Waals surface area contributed by atoms with E-state index in [9.17, 15) is 0 Å². The van der Waals surface area contributed by atoms with Crippen LogP contribution in [-0.2, 0) is 4.65 Å². The zero-order chi connectivity index (χ0) is 4.41. The molecule has 1 aliphatic rings. The highest BCUT2D eigenvalue weighted by molar-refractivity contribution is 6.24. The molecule has 0 unspecified atom stereocenters. The maximum absolute atomic E-state index is 4.67. The predicted octanol–water partition coefficient (Wildman–Crippen LogP) is -0.517. The van der Waals surface area contributed by atoms with Gasteiger partial charge in [0.15, 0.2) is 0 Å². The third kappa shape index (κ3) is 0.991. The van der Waals surface area contributed by atoms with Crippen molar-refractivity contribution in [2.75, 3.05) is 20.2 Å². The standard InChI is InChI=1S/C3H7BNO/c1-6-4-5-2-3-5/h2-3H2,1H3. The maximum atomic E-state index is 4.67. The Balaban J connectivity index is 1.88. The predicted molar refractivity (Wildman–Crippen MR) is 24.3 cm³/mol. The van der Waals surface area contributed by atoms with Crippen LogP contribution in [0.5, 0.6) is 0 Å². The van der Waals surface area contributed by atoms with Crippen LogP contribution in [-0.4, -0.2) is 32.6 Å². The molecule has 0 N–H and O–H groups in total. The molecule has 0 bridgehead atoms. The third-order valence-electron chi connectivity index (χ3n) is 0.736. The van der Waals surface area contributed by atoms with Gasteiger partial charge in [0.1, 0.15) is 0 Å². The van der Waals surface area contributed by atoms with Crippen LogP contribution in [0.4, 0.5) is 0 Å². The summed E-state index contributed by atoms with van der Waals surface area (Å²) in [6.07, 6.45) is 0. The van der Waals surface area contributed by atoms with Crippen molar-refractivity contribution in [3.63, 3.8) is 0 Å². The van der Waals surface area contributed by atoms with E-state index in [0.717, 1.165) is 0 Å². The molecule has 0 saturated carbocycles. The quantitative estimate of drug-likeness (QED) is 0.329. The highest BCUT2D eigenvalue weighted by Gasteiger charge is 2.17. The van der Waals surface area contributed by atoms with E-state index in [0.29, 0.717) is 0 Å². The van der Waals surface area contributed by atoms with Gasteiger partial charge in [0.25, 0.3) is 0 Å². The first kappa shape index (κ1) is 4.15. The first-order valence-corrected chi connectivity index (χ1v) is 2.03. The molecular weight excluding hydrogens is 76.9 g/mol. The largest absolute Gasteiger partial charge is 0.427 e. The molecule has 1 aliphatic heterocycles. The molecule has 0 aliphatic carbocycles. The van der Waals surface area contributed by atoms with Gasteiger partial charge in [-0.2, -0.15) is 0 Å². The van der Waals surface area contributed by atoms with Crippen LogP contribution in [0.25, 0.3) is 0 Å². The second kappa shape index (κ2) is 1.62. The molecule has 0 atom stereocenters. The van der Waals surface area contributed by atoms with E-state index in [1.165, 1.54) is 13.1 Å². The summed E-state index contributed by atoms with van der Waals surface area (Å²) in [5.74, 6) is 0. The zero-order valence-electron chi connectivity index (χ0n) is 3.85. The molecule has 33 valence electrons. The van der Waals surface area contributed by atoms with Gasteiger partial charge in [0.05, 0.1) is 0 Å². The Hall–Kier alpha value is -0.0151. The fourth-order valence-electron chi connectivity index (χ4n) is 0.312. The minimum absolute atomic E-state index is 1.17. The highest BCUT2D eigenvalue weighted by atomic mass is 16.4. The molecule has 0 aromatic carbocycles. The second-order valence-corrected chi connectivity index (χ2v) is 1.38. The summed E-state index contributed by atoms with van der Waals surface area (Å²) in [5, 5.41) is 0. The smallest absolute Gasteiger partial charge is 0.398 e. The van der Waals surface area contributed by atoms with Gasteiger partial charge < -0.3 is 9.47 Å². The molecule has 1 radical (unpaired) electrons. The number of hydrogen-bond donors (Lipinski definition) is 0. The van der Waals surface area contributed by atoms with Crippen molar-refractivity contribution in [2.24, 2.45) is 0 Å². The molecule has 1 rings (SSSR count). The summed E-state index contributed by atoms with van der Waals surface area (Å²) >= 11 is 0. The minimum atomic E-state index is 1.17. The van der Waals surface area contributed by atoms with Crippen molar-refractivity contribution in [1.82, 2.24) is 4.81 Å². The Labute approximate surface area is 38.4 Å². The fourth-order valence-corrected chi connectivity index (χ4v) is 0.312. The lowest BCUT2D eigenvalue weighted by Gasteiger charge is -1.87. The van der Waals surface area contributed by atoms with Gasteiger partial charge >= 0.3 is 7.62 Å². The van der Waals surface area contributed by atoms with Crippen LogP contribution >= 0.6 is 0 Å². The van der Waals surface area contributed by atoms with E-state index in [1.54, 1.807) is 14.7 Å². The molecular formula is C3H7BNO. The summed E-state index contributed by atoms with van der Waals surface area (Å²) in [6, 6.07) is 0. The van der Waals surface area contributed by atoms with Gasteiger partial charge in [-0.3, -0.25) is 0 Å². The van der Waals surface area contributed by atoms with Crippen molar-refractivity contribution in [1.29, 1.82) is 0 Å². The molecule has 3 heteroatoms. The summed E-state index contributed by atoms with van der Waals surface area (Å²) in [5.41, 5.74) is 0. The summed E-state index contributed by atoms with van der Waals surface area (Å²) in [7, 11) is 3.40. The summed E-state index contributed by atoms with van der Waals surface area (Å²) in [6.45, 7) is 2.35. The lowest BCUT2D eigenvalue weighted by atomic mass is 10.3. The molecule has 0 aromatic heterocycles. The Bertz CT molecular complexity index is 46.1. The van der Waals surface area contributed by atoms with E-state index in [2.05, 4.69) is 9.47 Å². The second-order valence-electron chi connectivity index (χ2n) is 1.38. The topological polar surface area (TPSA) is 12.2 Å². The van der Waals surface area contributed by atoms with Crippen LogP contribution in [0.2, 0.25) is 0 Å². The van der Waals surface area contributed by atoms with E-state index in [1.807, 2.05) is 0 Å². The third-order valence-corrected chi connectivity index (χ3v) is 0.736. The molecule has 0 amide bonds. The van der Waals surface area contributed by atoms with Crippen LogP contribution in [0.3, 0.4) is 0 Å². The first-order valence-electron chi connectivity index (χ1n) is 2.03. The SMILES string of the molecule is CO[B]N1CC1. The first-order chi connectivity index (χ1) is 2.93. The molecule has 0 aromatic rings. The number of rotatable bonds is 2. The average Bonchev–Trinajstić information content (AvgIpc) is 2.21. The average molecular weight is 83.9 g/mol. The lowest BCUT2D eigenvalue weighted by molar-refractivity contribution is 0.415. The summed E-state index contributed by atoms with van der Waals surface area (Å²) < 4.78 is 4.67. The van der Waals surface area contributed by atoms with Crippen LogP contribution < -0.4 is 0 Å². The number of nitrogens with zero attached hydrogens (tertiary/aromatic N) is 1. The normalized spacial score (nSPS) is 20.8. The van der Waals surface area contributed by atoms with Gasteiger partial charge in [0, 0.05) is 20.2 Å². The van der Waals surface area contributed by atoms with Crippen molar-refractivity contribution in [3.05, 3.63) is 0 Å². The molecule has 2 nitrogen and oxygen atoms in total. The summed E-state index contributed by atoms with van der Waals surface area (Å²) in [4.78, 5) is 2.08. The molecule has 6 heavy (non-hydrogen) atoms. The van der Waals surface area contributed by atoms with Crippen molar-refractivity contribution in [2.45, 2.75) is 0 Å². The Kier molecular flexibility index (Phi) is 1.12. The fraction of sp³-hybridized carbons (Fsp3) is 1.00. The zero-order valence-corrected chi connectivity index (χ0v) is 3.85. The van der Waals surface area contributed by atoms with Crippen molar-refractivity contribution < 1.29 is 4.65 Å². The van der Waals surface area contributed by atoms with Crippen molar-refractivity contribution in [3.8, 4) is 0 Å². The van der Waals surface area contributed by atoms with Crippen LogP contribution in [0, 0.1) is 0 Å². The monoisotopic (exact) mass is 84.1 g/mol. The van der Waals surface area contributed by atoms with E-state index >= 15 is 0 Å². The van der Waals surface area contributed by atoms with Gasteiger partial charge in [-0.15, -0.1) is 0 Å². The molecule has 0 spiro atoms. The van der Waals surface area contributed by atoms with Gasteiger partial charge in [0.2, 0.25) is 0 Å². The van der Waals surface area contributed by atoms with E-state index in [-0.39, 0.29) is 0 Å². The minimum Gasteiger partial charge on any atom is -0.427 e. The Morgan fingerprint density at radius 1 is 1.67 bits per heavy atom. The highest BCUT2D eigenvalue weighted by Crippen LogP contribution is 1.97.